The van der Waals surface area contributed by atoms with Crippen molar-refractivity contribution in [2.45, 2.75) is 89.6 Å². The zero-order valence-electron chi connectivity index (χ0n) is 13.9. The lowest BCUT2D eigenvalue weighted by Crippen LogP contribution is -2.57. The monoisotopic (exact) mass is 310 g/mol. The first-order valence-electron chi connectivity index (χ1n) is 8.93. The molecule has 2 aliphatic carbocycles. The molecule has 0 aromatic rings. The highest BCUT2D eigenvalue weighted by atomic mass is 16.6. The third-order valence-electron chi connectivity index (χ3n) is 6.67. The van der Waals surface area contributed by atoms with E-state index >= 15 is 0 Å². The predicted octanol–water partition coefficient (Wildman–Crippen LogP) is 2.80. The van der Waals surface area contributed by atoms with E-state index in [-0.39, 0.29) is 29.3 Å². The number of hydrogen-bond donors (Lipinski definition) is 2. The fourth-order valence-corrected chi connectivity index (χ4v) is 5.27. The molecule has 0 bridgehead atoms. The van der Waals surface area contributed by atoms with Crippen LogP contribution in [0.5, 0.6) is 0 Å². The molecular weight excluding hydrogens is 280 g/mol. The minimum absolute atomic E-state index is 0.0400. The molecule has 6 unspecified atom stereocenters. The van der Waals surface area contributed by atoms with Crippen LogP contribution >= 0.6 is 0 Å². The van der Waals surface area contributed by atoms with Crippen LogP contribution in [0, 0.1) is 17.3 Å². The first kappa shape index (κ1) is 16.4. The zero-order valence-corrected chi connectivity index (χ0v) is 13.9. The Hall–Kier alpha value is -0.450. The molecule has 2 saturated carbocycles. The molecule has 0 amide bonds. The maximum atomic E-state index is 11.1. The molecule has 4 nitrogen and oxygen atoms in total. The molecule has 1 aliphatic heterocycles. The second-order valence-electron chi connectivity index (χ2n) is 8.07. The molecule has 126 valence electrons. The molecule has 3 aliphatic rings. The molecule has 0 aromatic heterocycles. The first-order valence-corrected chi connectivity index (χ1v) is 8.93. The Morgan fingerprint density at radius 3 is 2.64 bits per heavy atom. The highest BCUT2D eigenvalue weighted by Crippen LogP contribution is 2.60. The zero-order chi connectivity index (χ0) is 16.0. The number of Topliss-reactive ketones (excluding diaryl/α,β-unsaturated/α-hetero) is 1. The van der Waals surface area contributed by atoms with Gasteiger partial charge in [0, 0.05) is 18.8 Å². The largest absolute Gasteiger partial charge is 0.393 e. The molecule has 0 radical (unpaired) electrons. The van der Waals surface area contributed by atoms with Crippen LogP contribution in [0.1, 0.15) is 71.6 Å². The highest BCUT2D eigenvalue weighted by Gasteiger charge is 2.60. The minimum Gasteiger partial charge on any atom is -0.393 e. The molecule has 2 N–H and O–H groups in total. The SMILES string of the molecule is CC(=O)CCCC1CCC2C3CCC(O)C3(C)CCC2(O)O1. The number of aliphatic hydroxyl groups excluding tert-OH is 1. The summed E-state index contributed by atoms with van der Waals surface area (Å²) in [5, 5.41) is 21.4. The van der Waals surface area contributed by atoms with E-state index in [4.69, 9.17) is 4.74 Å². The van der Waals surface area contributed by atoms with E-state index < -0.39 is 5.79 Å². The summed E-state index contributed by atoms with van der Waals surface area (Å²) in [7, 11) is 0. The van der Waals surface area contributed by atoms with Crippen molar-refractivity contribution < 1.29 is 19.7 Å². The maximum Gasteiger partial charge on any atom is 0.168 e. The number of carbonyl (C=O) groups is 1. The molecule has 22 heavy (non-hydrogen) atoms. The van der Waals surface area contributed by atoms with E-state index in [2.05, 4.69) is 6.92 Å². The van der Waals surface area contributed by atoms with Crippen LogP contribution in [0.15, 0.2) is 0 Å². The van der Waals surface area contributed by atoms with Gasteiger partial charge >= 0.3 is 0 Å². The highest BCUT2D eigenvalue weighted by molar-refractivity contribution is 5.75. The summed E-state index contributed by atoms with van der Waals surface area (Å²) in [6, 6.07) is 0. The summed E-state index contributed by atoms with van der Waals surface area (Å²) >= 11 is 0. The van der Waals surface area contributed by atoms with Crippen molar-refractivity contribution in [2.75, 3.05) is 0 Å². The summed E-state index contributed by atoms with van der Waals surface area (Å²) in [6.45, 7) is 3.81. The van der Waals surface area contributed by atoms with Gasteiger partial charge in [0.15, 0.2) is 5.79 Å². The number of carbonyl (C=O) groups excluding carboxylic acids is 1. The second-order valence-corrected chi connectivity index (χ2v) is 8.07. The number of fused-ring (bicyclic) bond motifs is 3. The van der Waals surface area contributed by atoms with Crippen molar-refractivity contribution in [3.8, 4) is 0 Å². The predicted molar refractivity (Wildman–Crippen MR) is 83.2 cm³/mol. The first-order chi connectivity index (χ1) is 10.3. The van der Waals surface area contributed by atoms with Crippen LogP contribution in [-0.4, -0.2) is 34.0 Å². The normalized spacial score (nSPS) is 47.8. The summed E-state index contributed by atoms with van der Waals surface area (Å²) in [5.41, 5.74) is -0.0400. The molecule has 3 fully saturated rings. The molecule has 0 aromatic carbocycles. The Kier molecular flexibility index (Phi) is 4.39. The number of aliphatic hydroxyl groups is 2. The number of rotatable bonds is 4. The average Bonchev–Trinajstić information content (AvgIpc) is 2.74. The molecule has 4 heteroatoms. The van der Waals surface area contributed by atoms with Crippen molar-refractivity contribution in [1.29, 1.82) is 0 Å². The summed E-state index contributed by atoms with van der Waals surface area (Å²) in [6.07, 6.45) is 7.44. The lowest BCUT2D eigenvalue weighted by atomic mass is 9.59. The van der Waals surface area contributed by atoms with Crippen molar-refractivity contribution in [1.82, 2.24) is 0 Å². The molecule has 3 rings (SSSR count). The van der Waals surface area contributed by atoms with Gasteiger partial charge in [-0.1, -0.05) is 6.92 Å². The van der Waals surface area contributed by atoms with Crippen LogP contribution in [-0.2, 0) is 9.53 Å². The van der Waals surface area contributed by atoms with Gasteiger partial charge in [-0.15, -0.1) is 0 Å². The smallest absolute Gasteiger partial charge is 0.168 e. The van der Waals surface area contributed by atoms with Crippen molar-refractivity contribution in [2.24, 2.45) is 17.3 Å². The lowest BCUT2D eigenvalue weighted by Gasteiger charge is -2.54. The van der Waals surface area contributed by atoms with Gasteiger partial charge in [0.2, 0.25) is 0 Å². The third-order valence-corrected chi connectivity index (χ3v) is 6.67. The molecule has 1 heterocycles. The Labute approximate surface area is 133 Å². The Balaban J connectivity index is 1.64. The lowest BCUT2D eigenvalue weighted by molar-refractivity contribution is -0.319. The summed E-state index contributed by atoms with van der Waals surface area (Å²) < 4.78 is 6.11. The van der Waals surface area contributed by atoms with Gasteiger partial charge in [-0.25, -0.2) is 0 Å². The van der Waals surface area contributed by atoms with E-state index in [1.807, 2.05) is 0 Å². The molecule has 0 spiro atoms. The van der Waals surface area contributed by atoms with Crippen molar-refractivity contribution >= 4 is 5.78 Å². The Morgan fingerprint density at radius 1 is 1.18 bits per heavy atom. The van der Waals surface area contributed by atoms with E-state index in [1.54, 1.807) is 6.92 Å². The average molecular weight is 310 g/mol. The van der Waals surface area contributed by atoms with Crippen molar-refractivity contribution in [3.05, 3.63) is 0 Å². The van der Waals surface area contributed by atoms with Crippen LogP contribution in [0.25, 0.3) is 0 Å². The summed E-state index contributed by atoms with van der Waals surface area (Å²) in [4.78, 5) is 11.1. The number of ketones is 1. The fourth-order valence-electron chi connectivity index (χ4n) is 5.27. The standard InChI is InChI=1S/C18H30O4/c1-12(19)4-3-5-13-6-7-15-14-8-9-16(20)17(14,2)10-11-18(15,21)22-13/h13-16,20-21H,3-11H2,1-2H3. The quantitative estimate of drug-likeness (QED) is 0.838. The Morgan fingerprint density at radius 2 is 1.91 bits per heavy atom. The van der Waals surface area contributed by atoms with Gasteiger partial charge in [0.05, 0.1) is 12.2 Å². The fraction of sp³-hybridized carbons (Fsp3) is 0.944. The number of ether oxygens (including phenoxy) is 1. The second kappa shape index (κ2) is 5.88. The van der Waals surface area contributed by atoms with Crippen LogP contribution in [0.4, 0.5) is 0 Å². The minimum atomic E-state index is -1.01. The maximum absolute atomic E-state index is 11.1. The van der Waals surface area contributed by atoms with Crippen LogP contribution < -0.4 is 0 Å². The van der Waals surface area contributed by atoms with Gasteiger partial charge in [-0.3, -0.25) is 0 Å². The topological polar surface area (TPSA) is 66.8 Å². The van der Waals surface area contributed by atoms with Gasteiger partial charge in [0.1, 0.15) is 5.78 Å². The summed E-state index contributed by atoms with van der Waals surface area (Å²) in [5.74, 6) is -0.249. The molecule has 1 saturated heterocycles. The van der Waals surface area contributed by atoms with E-state index in [0.29, 0.717) is 18.8 Å². The molecular formula is C18H30O4. The van der Waals surface area contributed by atoms with E-state index in [0.717, 1.165) is 44.9 Å². The van der Waals surface area contributed by atoms with Crippen LogP contribution in [0.3, 0.4) is 0 Å². The number of hydrogen-bond acceptors (Lipinski definition) is 4. The van der Waals surface area contributed by atoms with Gasteiger partial charge < -0.3 is 19.7 Å². The van der Waals surface area contributed by atoms with Crippen molar-refractivity contribution in [3.63, 3.8) is 0 Å². The molecule has 6 atom stereocenters. The van der Waals surface area contributed by atoms with Crippen LogP contribution in [0.2, 0.25) is 0 Å². The van der Waals surface area contributed by atoms with E-state index in [9.17, 15) is 15.0 Å². The van der Waals surface area contributed by atoms with Gasteiger partial charge in [-0.05, 0) is 63.2 Å². The van der Waals surface area contributed by atoms with E-state index in [1.165, 1.54) is 0 Å². The van der Waals surface area contributed by atoms with Gasteiger partial charge in [-0.2, -0.15) is 0 Å². The third kappa shape index (κ3) is 2.74. The van der Waals surface area contributed by atoms with Gasteiger partial charge in [0.25, 0.3) is 0 Å². The Bertz CT molecular complexity index is 437.